The smallest absolute Gasteiger partial charge is 0.307 e. The predicted octanol–water partition coefficient (Wildman–Crippen LogP) is 3.29. The second kappa shape index (κ2) is 10.5. The van der Waals surface area contributed by atoms with E-state index in [0.29, 0.717) is 24.7 Å². The summed E-state index contributed by atoms with van der Waals surface area (Å²) in [5, 5.41) is 2.82. The van der Waals surface area contributed by atoms with Gasteiger partial charge in [0.15, 0.2) is 11.5 Å². The summed E-state index contributed by atoms with van der Waals surface area (Å²) < 4.78 is 44.0. The van der Waals surface area contributed by atoms with E-state index in [-0.39, 0.29) is 22.6 Å². The lowest BCUT2D eigenvalue weighted by atomic mass is 10.0. The van der Waals surface area contributed by atoms with E-state index in [9.17, 15) is 18.0 Å². The Kier molecular flexibility index (Phi) is 7.21. The molecule has 1 unspecified atom stereocenters. The molecular weight excluding hydrogens is 472 g/mol. The second-order valence-electron chi connectivity index (χ2n) is 7.71. The van der Waals surface area contributed by atoms with Gasteiger partial charge < -0.3 is 19.5 Å². The summed E-state index contributed by atoms with van der Waals surface area (Å²) in [5.41, 5.74) is 1.16. The molecule has 1 aliphatic rings. The van der Waals surface area contributed by atoms with Gasteiger partial charge in [-0.15, -0.1) is 0 Å². The molecule has 1 aliphatic heterocycles. The van der Waals surface area contributed by atoms with Crippen LogP contribution in [0.2, 0.25) is 0 Å². The van der Waals surface area contributed by atoms with Crippen molar-refractivity contribution in [1.82, 2.24) is 5.32 Å². The lowest BCUT2D eigenvalue weighted by Gasteiger charge is -2.19. The number of carbonyl (C=O) groups is 2. The summed E-state index contributed by atoms with van der Waals surface area (Å²) in [4.78, 5) is 24.9. The van der Waals surface area contributed by atoms with Crippen molar-refractivity contribution in [2.45, 2.75) is 17.4 Å². The highest BCUT2D eigenvalue weighted by Gasteiger charge is 2.22. The van der Waals surface area contributed by atoms with E-state index in [0.717, 1.165) is 5.56 Å². The summed E-state index contributed by atoms with van der Waals surface area (Å²) in [6, 6.07) is 18.8. The zero-order chi connectivity index (χ0) is 24.8. The van der Waals surface area contributed by atoms with Crippen molar-refractivity contribution in [3.8, 4) is 11.5 Å². The van der Waals surface area contributed by atoms with Crippen LogP contribution >= 0.6 is 0 Å². The van der Waals surface area contributed by atoms with Crippen molar-refractivity contribution in [3.63, 3.8) is 0 Å². The van der Waals surface area contributed by atoms with Crippen LogP contribution in [0.5, 0.6) is 11.5 Å². The molecule has 0 fully saturated rings. The molecule has 10 heteroatoms. The Morgan fingerprint density at radius 1 is 0.943 bits per heavy atom. The minimum Gasteiger partial charge on any atom is -0.486 e. The maximum atomic E-state index is 13.0. The molecule has 0 aliphatic carbocycles. The van der Waals surface area contributed by atoms with Crippen molar-refractivity contribution in [2.24, 2.45) is 0 Å². The molecule has 182 valence electrons. The number of carbonyl (C=O) groups excluding carboxylic acids is 2. The number of benzene rings is 3. The lowest BCUT2D eigenvalue weighted by Crippen LogP contribution is -2.30. The van der Waals surface area contributed by atoms with E-state index in [1.54, 1.807) is 36.4 Å². The van der Waals surface area contributed by atoms with Crippen LogP contribution in [-0.2, 0) is 19.6 Å². The molecule has 0 bridgehead atoms. The van der Waals surface area contributed by atoms with Gasteiger partial charge >= 0.3 is 5.97 Å². The van der Waals surface area contributed by atoms with E-state index in [1.165, 1.54) is 37.4 Å². The normalized spacial score (nSPS) is 13.4. The maximum Gasteiger partial charge on any atom is 0.307 e. The number of hydrogen-bond acceptors (Lipinski definition) is 7. The Labute approximate surface area is 203 Å². The van der Waals surface area contributed by atoms with Gasteiger partial charge in [-0.25, -0.2) is 8.42 Å². The molecule has 3 aromatic carbocycles. The molecule has 0 radical (unpaired) electrons. The molecule has 0 aromatic heterocycles. The molecule has 0 saturated heterocycles. The summed E-state index contributed by atoms with van der Waals surface area (Å²) in [5.74, 6) is -0.109. The molecular formula is C25H24N2O7S. The third kappa shape index (κ3) is 5.90. The number of nitrogens with one attached hydrogen (secondary N) is 2. The highest BCUT2D eigenvalue weighted by molar-refractivity contribution is 7.92. The predicted molar refractivity (Wildman–Crippen MR) is 128 cm³/mol. The number of ether oxygens (including phenoxy) is 3. The fraction of sp³-hybridized carbons (Fsp3) is 0.200. The average molecular weight is 497 g/mol. The molecule has 0 saturated carbocycles. The third-order valence-electron chi connectivity index (χ3n) is 5.31. The number of hydrogen-bond donors (Lipinski definition) is 2. The van der Waals surface area contributed by atoms with Gasteiger partial charge in [0.05, 0.1) is 24.5 Å². The molecule has 1 heterocycles. The quantitative estimate of drug-likeness (QED) is 0.459. The standard InChI is InChI=1S/C25H24N2O7S/c1-32-24(28)16-21(17-6-3-2-4-7-17)26-25(29)18-8-5-9-19(14-18)27-35(30,31)20-10-11-22-23(15-20)34-13-12-33-22/h2-11,14-15,21,27H,12-13,16H2,1H3,(H,26,29). The molecule has 1 atom stereocenters. The average Bonchev–Trinajstić information content (AvgIpc) is 2.88. The SMILES string of the molecule is COC(=O)CC(NC(=O)c1cccc(NS(=O)(=O)c2ccc3c(c2)OCCO3)c1)c1ccccc1. The summed E-state index contributed by atoms with van der Waals surface area (Å²) in [7, 11) is -2.67. The number of sulfonamides is 1. The van der Waals surface area contributed by atoms with Crippen molar-refractivity contribution >= 4 is 27.6 Å². The highest BCUT2D eigenvalue weighted by Crippen LogP contribution is 2.32. The van der Waals surface area contributed by atoms with Crippen LogP contribution in [0.1, 0.15) is 28.4 Å². The van der Waals surface area contributed by atoms with E-state index in [1.807, 2.05) is 6.07 Å². The van der Waals surface area contributed by atoms with Gasteiger partial charge in [-0.05, 0) is 35.9 Å². The van der Waals surface area contributed by atoms with E-state index >= 15 is 0 Å². The van der Waals surface area contributed by atoms with Gasteiger partial charge in [0.2, 0.25) is 0 Å². The first-order chi connectivity index (χ1) is 16.9. The third-order valence-corrected chi connectivity index (χ3v) is 6.69. The number of amides is 1. The molecule has 9 nitrogen and oxygen atoms in total. The van der Waals surface area contributed by atoms with Crippen LogP contribution in [0, 0.1) is 0 Å². The van der Waals surface area contributed by atoms with Crippen LogP contribution in [0.3, 0.4) is 0 Å². The van der Waals surface area contributed by atoms with Crippen LogP contribution in [0.15, 0.2) is 77.7 Å². The van der Waals surface area contributed by atoms with Gasteiger partial charge in [0.1, 0.15) is 13.2 Å². The maximum absolute atomic E-state index is 13.0. The molecule has 3 aromatic rings. The molecule has 35 heavy (non-hydrogen) atoms. The Bertz CT molecular complexity index is 1330. The Morgan fingerprint density at radius 3 is 2.43 bits per heavy atom. The first kappa shape index (κ1) is 24.1. The minimum atomic E-state index is -3.95. The summed E-state index contributed by atoms with van der Waals surface area (Å²) >= 11 is 0. The number of esters is 1. The molecule has 0 spiro atoms. The van der Waals surface area contributed by atoms with Crippen LogP contribution in [-0.4, -0.2) is 40.6 Å². The fourth-order valence-electron chi connectivity index (χ4n) is 3.56. The van der Waals surface area contributed by atoms with Gasteiger partial charge in [-0.1, -0.05) is 36.4 Å². The van der Waals surface area contributed by atoms with E-state index in [4.69, 9.17) is 14.2 Å². The number of methoxy groups -OCH3 is 1. The monoisotopic (exact) mass is 496 g/mol. The van der Waals surface area contributed by atoms with Gasteiger partial charge in [0, 0.05) is 17.3 Å². The number of fused-ring (bicyclic) bond motifs is 1. The Balaban J connectivity index is 1.51. The van der Waals surface area contributed by atoms with Gasteiger partial charge in [-0.2, -0.15) is 0 Å². The molecule has 4 rings (SSSR count). The van der Waals surface area contributed by atoms with Crippen molar-refractivity contribution in [3.05, 3.63) is 83.9 Å². The summed E-state index contributed by atoms with van der Waals surface area (Å²) in [6.45, 7) is 0.734. The van der Waals surface area contributed by atoms with Crippen molar-refractivity contribution < 1.29 is 32.2 Å². The summed E-state index contributed by atoms with van der Waals surface area (Å²) in [6.07, 6.45) is -0.0529. The second-order valence-corrected chi connectivity index (χ2v) is 9.39. The topological polar surface area (TPSA) is 120 Å². The Morgan fingerprint density at radius 2 is 1.69 bits per heavy atom. The molecule has 1 amide bonds. The highest BCUT2D eigenvalue weighted by atomic mass is 32.2. The molecule has 2 N–H and O–H groups in total. The van der Waals surface area contributed by atoms with Crippen molar-refractivity contribution in [2.75, 3.05) is 25.0 Å². The fourth-order valence-corrected chi connectivity index (χ4v) is 4.62. The van der Waals surface area contributed by atoms with Crippen LogP contribution in [0.4, 0.5) is 5.69 Å². The number of anilines is 1. The minimum absolute atomic E-state index is 0.00109. The van der Waals surface area contributed by atoms with Crippen molar-refractivity contribution in [1.29, 1.82) is 0 Å². The zero-order valence-corrected chi connectivity index (χ0v) is 19.7. The van der Waals surface area contributed by atoms with E-state index < -0.39 is 27.9 Å². The van der Waals surface area contributed by atoms with Crippen LogP contribution in [0.25, 0.3) is 0 Å². The lowest BCUT2D eigenvalue weighted by molar-refractivity contribution is -0.141. The first-order valence-electron chi connectivity index (χ1n) is 10.8. The van der Waals surface area contributed by atoms with Gasteiger partial charge in [0.25, 0.3) is 15.9 Å². The van der Waals surface area contributed by atoms with Crippen LogP contribution < -0.4 is 19.5 Å². The van der Waals surface area contributed by atoms with Gasteiger partial charge in [-0.3, -0.25) is 14.3 Å². The van der Waals surface area contributed by atoms with E-state index in [2.05, 4.69) is 10.0 Å². The Hall–Kier alpha value is -4.05. The first-order valence-corrected chi connectivity index (χ1v) is 12.3. The zero-order valence-electron chi connectivity index (χ0n) is 18.9. The largest absolute Gasteiger partial charge is 0.486 e. The number of rotatable bonds is 8.